The number of carbonyl (C=O) groups excluding carboxylic acids is 4. The van der Waals surface area contributed by atoms with Crippen LogP contribution in [0.4, 0.5) is 28.4 Å². The second kappa shape index (κ2) is 9.42. The molecule has 12 heteroatoms. The number of carbonyl (C=O) groups is 4. The molecule has 0 radical (unpaired) electrons. The number of anilines is 1. The van der Waals surface area contributed by atoms with E-state index in [0.29, 0.717) is 12.8 Å². The molecule has 9 nitrogen and oxygen atoms in total. The van der Waals surface area contributed by atoms with Crippen LogP contribution in [0, 0.1) is 11.2 Å². The Bertz CT molecular complexity index is 1350. The minimum Gasteiger partial charge on any atom is -0.427 e. The molecule has 2 N–H and O–H groups in total. The first kappa shape index (κ1) is 26.8. The fraction of sp³-hybridized carbons (Fsp3) is 0.481. The monoisotopic (exact) mass is 546 g/mol. The summed E-state index contributed by atoms with van der Waals surface area (Å²) in [5, 5.41) is 4.69. The lowest BCUT2D eigenvalue weighted by atomic mass is 9.75. The molecule has 4 aliphatic rings. The molecule has 2 saturated heterocycles. The number of benzene rings is 1. The van der Waals surface area contributed by atoms with Crippen molar-refractivity contribution in [2.75, 3.05) is 18.9 Å². The van der Waals surface area contributed by atoms with Crippen LogP contribution in [0.15, 0.2) is 35.9 Å². The highest BCUT2D eigenvalue weighted by atomic mass is 19.2. The molecule has 0 saturated carbocycles. The summed E-state index contributed by atoms with van der Waals surface area (Å²) in [5.41, 5.74) is -2.39. The van der Waals surface area contributed by atoms with Gasteiger partial charge in [-0.25, -0.2) is 27.7 Å². The average Bonchev–Trinajstić information content (AvgIpc) is 3.54. The molecule has 1 aromatic rings. The van der Waals surface area contributed by atoms with E-state index in [0.717, 1.165) is 11.0 Å². The summed E-state index contributed by atoms with van der Waals surface area (Å²) in [4.78, 5) is 53.9. The molecule has 0 aromatic heterocycles. The molecule has 5 rings (SSSR count). The molecule has 4 atom stereocenters. The number of allylic oxidation sites excluding steroid dienone is 3. The van der Waals surface area contributed by atoms with Gasteiger partial charge in [-0.05, 0) is 43.9 Å². The first-order valence-corrected chi connectivity index (χ1v) is 12.8. The van der Waals surface area contributed by atoms with Gasteiger partial charge in [0.25, 0.3) is 5.91 Å². The molecule has 2 aliphatic carbocycles. The number of urea groups is 1. The van der Waals surface area contributed by atoms with Crippen LogP contribution in [0.1, 0.15) is 50.7 Å². The summed E-state index contributed by atoms with van der Waals surface area (Å²) in [6, 6.07) is 1.39. The van der Waals surface area contributed by atoms with Crippen LogP contribution in [0.25, 0.3) is 0 Å². The van der Waals surface area contributed by atoms with Gasteiger partial charge in [-0.15, -0.1) is 0 Å². The normalized spacial score (nSPS) is 29.8. The third kappa shape index (κ3) is 4.16. The molecule has 1 unspecified atom stereocenters. The molecule has 2 fully saturated rings. The number of ether oxygens (including phenoxy) is 1. The number of amides is 5. The van der Waals surface area contributed by atoms with Crippen LogP contribution in [-0.2, 0) is 26.3 Å². The maximum Gasteiger partial charge on any atom is 0.418 e. The number of likely N-dealkylation sites (tertiary alicyclic amines) is 1. The molecule has 0 bridgehead atoms. The molecule has 5 amide bonds. The summed E-state index contributed by atoms with van der Waals surface area (Å²) in [7, 11) is 1.38. The summed E-state index contributed by atoms with van der Waals surface area (Å²) in [5.74, 6) is -3.84. The van der Waals surface area contributed by atoms with Gasteiger partial charge in [-0.1, -0.05) is 19.1 Å². The van der Waals surface area contributed by atoms with Crippen LogP contribution in [0.3, 0.4) is 0 Å². The fourth-order valence-electron chi connectivity index (χ4n) is 6.30. The highest BCUT2D eigenvalue weighted by Crippen LogP contribution is 2.48. The molecule has 1 spiro atoms. The molecular formula is C27H29F3N4O5. The van der Waals surface area contributed by atoms with E-state index >= 15 is 4.39 Å². The third-order valence-corrected chi connectivity index (χ3v) is 8.37. The molecular weight excluding hydrogens is 517 g/mol. The van der Waals surface area contributed by atoms with Gasteiger partial charge in [0.05, 0.1) is 5.69 Å². The van der Waals surface area contributed by atoms with Gasteiger partial charge in [0, 0.05) is 43.0 Å². The quantitative estimate of drug-likeness (QED) is 0.589. The van der Waals surface area contributed by atoms with Gasteiger partial charge in [-0.2, -0.15) is 0 Å². The molecule has 208 valence electrons. The number of imide groups is 1. The summed E-state index contributed by atoms with van der Waals surface area (Å²) in [6.07, 6.45) is 2.65. The second-order valence-electron chi connectivity index (χ2n) is 10.8. The maximum absolute atomic E-state index is 15.2. The predicted molar refractivity (Wildman–Crippen MR) is 133 cm³/mol. The number of nitrogens with zero attached hydrogens (tertiary/aromatic N) is 2. The number of hydrogen-bond acceptors (Lipinski definition) is 5. The highest BCUT2D eigenvalue weighted by Gasteiger charge is 2.59. The average molecular weight is 547 g/mol. The SMILES string of the molecule is CNC(=O)Nc1ccc2c(c1F)CC[C@]21OC(=O)N(CC(=O)N2[C@H](C3(C)C=CC(F)=C(F)C3)CC[C@@H]2C)C1=O. The largest absolute Gasteiger partial charge is 0.427 e. The van der Waals surface area contributed by atoms with Crippen LogP contribution in [0.2, 0.25) is 0 Å². The van der Waals surface area contributed by atoms with Crippen molar-refractivity contribution in [1.82, 2.24) is 15.1 Å². The minimum atomic E-state index is -1.77. The van der Waals surface area contributed by atoms with Crippen molar-refractivity contribution in [1.29, 1.82) is 0 Å². The molecule has 39 heavy (non-hydrogen) atoms. The zero-order chi connectivity index (χ0) is 28.3. The van der Waals surface area contributed by atoms with Gasteiger partial charge >= 0.3 is 12.1 Å². The van der Waals surface area contributed by atoms with Crippen molar-refractivity contribution in [2.24, 2.45) is 5.41 Å². The molecule has 1 aromatic carbocycles. The van der Waals surface area contributed by atoms with Crippen molar-refractivity contribution in [2.45, 2.75) is 63.6 Å². The number of halogens is 3. The van der Waals surface area contributed by atoms with Crippen LogP contribution in [0.5, 0.6) is 0 Å². The summed E-state index contributed by atoms with van der Waals surface area (Å²) >= 11 is 0. The van der Waals surface area contributed by atoms with E-state index in [-0.39, 0.29) is 42.1 Å². The van der Waals surface area contributed by atoms with Crippen molar-refractivity contribution in [3.8, 4) is 0 Å². The van der Waals surface area contributed by atoms with Gasteiger partial charge in [0.15, 0.2) is 5.83 Å². The Morgan fingerprint density at radius 2 is 1.92 bits per heavy atom. The zero-order valence-electron chi connectivity index (χ0n) is 21.8. The van der Waals surface area contributed by atoms with E-state index in [2.05, 4.69) is 10.6 Å². The maximum atomic E-state index is 15.2. The Morgan fingerprint density at radius 3 is 2.62 bits per heavy atom. The molecule has 2 aliphatic heterocycles. The lowest BCUT2D eigenvalue weighted by molar-refractivity contribution is -0.143. The van der Waals surface area contributed by atoms with Crippen LogP contribution in [-0.4, -0.2) is 59.4 Å². The number of hydrogen-bond donors (Lipinski definition) is 2. The smallest absolute Gasteiger partial charge is 0.418 e. The first-order chi connectivity index (χ1) is 18.4. The predicted octanol–water partition coefficient (Wildman–Crippen LogP) is 4.19. The topological polar surface area (TPSA) is 108 Å². The Hall–Kier alpha value is -3.83. The first-order valence-electron chi connectivity index (χ1n) is 12.8. The minimum absolute atomic E-state index is 0.0132. The Kier molecular flexibility index (Phi) is 6.47. The van der Waals surface area contributed by atoms with Crippen molar-refractivity contribution < 1.29 is 37.1 Å². The van der Waals surface area contributed by atoms with Gasteiger partial charge in [0.1, 0.15) is 18.2 Å². The van der Waals surface area contributed by atoms with Gasteiger partial charge in [-0.3, -0.25) is 9.59 Å². The highest BCUT2D eigenvalue weighted by molar-refractivity contribution is 6.06. The standard InChI is InChI=1S/C27H29F3N4O5/c1-14-4-7-20(26(2)10-9-17(28)18(29)12-26)34(14)21(35)13-33-23(36)27(39-25(33)38)11-8-15-16(27)5-6-19(22(15)30)32-24(37)31-3/h5-6,9-10,14,20H,4,7-8,11-13H2,1-3H3,(H2,31,32,37)/t14-,20-,26?,27-/m0/s1. The van der Waals surface area contributed by atoms with Crippen molar-refractivity contribution >= 4 is 29.6 Å². The summed E-state index contributed by atoms with van der Waals surface area (Å²) < 4.78 is 48.5. The Labute approximate surface area is 223 Å². The lowest BCUT2D eigenvalue weighted by Crippen LogP contribution is -2.52. The molecule has 2 heterocycles. The Balaban J connectivity index is 1.37. The van der Waals surface area contributed by atoms with E-state index < -0.39 is 65.0 Å². The van der Waals surface area contributed by atoms with Crippen molar-refractivity contribution in [3.05, 3.63) is 52.9 Å². The van der Waals surface area contributed by atoms with E-state index in [1.165, 1.54) is 19.2 Å². The van der Waals surface area contributed by atoms with E-state index in [9.17, 15) is 28.0 Å². The fourth-order valence-corrected chi connectivity index (χ4v) is 6.30. The lowest BCUT2D eigenvalue weighted by Gasteiger charge is -2.41. The van der Waals surface area contributed by atoms with E-state index in [4.69, 9.17) is 4.74 Å². The van der Waals surface area contributed by atoms with Crippen LogP contribution < -0.4 is 10.6 Å². The number of nitrogens with one attached hydrogen (secondary N) is 2. The number of fused-ring (bicyclic) bond motifs is 2. The number of rotatable bonds is 4. The third-order valence-electron chi connectivity index (χ3n) is 8.37. The Morgan fingerprint density at radius 1 is 1.18 bits per heavy atom. The summed E-state index contributed by atoms with van der Waals surface area (Å²) in [6.45, 7) is 2.98. The van der Waals surface area contributed by atoms with Gasteiger partial charge in [0.2, 0.25) is 11.5 Å². The van der Waals surface area contributed by atoms with E-state index in [1.807, 2.05) is 6.92 Å². The van der Waals surface area contributed by atoms with Crippen LogP contribution >= 0.6 is 0 Å². The zero-order valence-corrected chi connectivity index (χ0v) is 21.8. The second-order valence-corrected chi connectivity index (χ2v) is 10.8. The van der Waals surface area contributed by atoms with E-state index in [1.54, 1.807) is 17.9 Å². The van der Waals surface area contributed by atoms with Crippen molar-refractivity contribution in [3.63, 3.8) is 0 Å². The van der Waals surface area contributed by atoms with Gasteiger partial charge < -0.3 is 20.3 Å².